The van der Waals surface area contributed by atoms with Crippen LogP contribution in [-0.2, 0) is 14.3 Å². The monoisotopic (exact) mass is 400 g/mol. The Morgan fingerprint density at radius 1 is 1.14 bits per heavy atom. The SMILES string of the molecule is C.CC(=O)/C=C/c1ccc(O)c(C)c1.CC1=CC2OC(C)=C(O)C(=O)C2C(O)=C1. The third kappa shape index (κ3) is 5.85. The van der Waals surface area contributed by atoms with Crippen LogP contribution in [0.1, 0.15) is 39.3 Å². The Kier molecular flexibility index (Phi) is 8.01. The molecular formula is C23H28O6. The van der Waals surface area contributed by atoms with Crippen LogP contribution in [-0.4, -0.2) is 33.0 Å². The van der Waals surface area contributed by atoms with Crippen molar-refractivity contribution in [2.45, 2.75) is 41.2 Å². The van der Waals surface area contributed by atoms with Crippen molar-refractivity contribution in [3.63, 3.8) is 0 Å². The molecule has 1 aromatic carbocycles. The molecular weight excluding hydrogens is 372 g/mol. The van der Waals surface area contributed by atoms with Gasteiger partial charge in [-0.05, 0) is 74.8 Å². The number of carbonyl (C=O) groups is 2. The van der Waals surface area contributed by atoms with Crippen molar-refractivity contribution in [1.82, 2.24) is 0 Å². The fraction of sp³-hybridized carbons (Fsp3) is 0.304. The molecule has 0 aromatic heterocycles. The highest BCUT2D eigenvalue weighted by Gasteiger charge is 2.41. The minimum absolute atomic E-state index is 0. The summed E-state index contributed by atoms with van der Waals surface area (Å²) in [5.74, 6) is -1.22. The molecule has 1 heterocycles. The first kappa shape index (κ1) is 23.8. The van der Waals surface area contributed by atoms with Crippen molar-refractivity contribution < 1.29 is 29.6 Å². The highest BCUT2D eigenvalue weighted by molar-refractivity contribution is 5.98. The number of aryl methyl sites for hydroxylation is 1. The van der Waals surface area contributed by atoms with E-state index in [1.54, 1.807) is 24.3 Å². The second-order valence-corrected chi connectivity index (χ2v) is 6.80. The number of carbonyl (C=O) groups excluding carboxylic acids is 2. The topological polar surface area (TPSA) is 104 Å². The van der Waals surface area contributed by atoms with Gasteiger partial charge in [0.25, 0.3) is 0 Å². The predicted molar refractivity (Wildman–Crippen MR) is 112 cm³/mol. The van der Waals surface area contributed by atoms with Crippen LogP contribution < -0.4 is 0 Å². The van der Waals surface area contributed by atoms with E-state index < -0.39 is 23.6 Å². The maximum atomic E-state index is 11.7. The number of hydrogen-bond acceptors (Lipinski definition) is 6. The minimum Gasteiger partial charge on any atom is -0.511 e. The lowest BCUT2D eigenvalue weighted by molar-refractivity contribution is -0.127. The molecule has 0 bridgehead atoms. The van der Waals surface area contributed by atoms with E-state index in [0.29, 0.717) is 0 Å². The van der Waals surface area contributed by atoms with Crippen LogP contribution in [0.2, 0.25) is 0 Å². The molecule has 0 amide bonds. The minimum atomic E-state index is -0.794. The summed E-state index contributed by atoms with van der Waals surface area (Å²) in [6, 6.07) is 5.21. The van der Waals surface area contributed by atoms with Crippen molar-refractivity contribution >= 4 is 17.6 Å². The largest absolute Gasteiger partial charge is 0.511 e. The number of Topliss-reactive ketones (excluding diaryl/α,β-unsaturated/α-hetero) is 1. The molecule has 6 heteroatoms. The average molecular weight is 400 g/mol. The zero-order valence-electron chi connectivity index (χ0n) is 16.3. The van der Waals surface area contributed by atoms with Crippen molar-refractivity contribution in [2.24, 2.45) is 5.92 Å². The molecule has 6 nitrogen and oxygen atoms in total. The van der Waals surface area contributed by atoms with Gasteiger partial charge < -0.3 is 20.1 Å². The summed E-state index contributed by atoms with van der Waals surface area (Å²) < 4.78 is 5.35. The lowest BCUT2D eigenvalue weighted by atomic mass is 9.86. The van der Waals surface area contributed by atoms with Gasteiger partial charge in [-0.25, -0.2) is 0 Å². The van der Waals surface area contributed by atoms with E-state index in [4.69, 9.17) is 4.74 Å². The molecule has 1 aromatic rings. The van der Waals surface area contributed by atoms with E-state index in [9.17, 15) is 24.9 Å². The van der Waals surface area contributed by atoms with Crippen molar-refractivity contribution in [3.05, 3.63) is 70.4 Å². The Hall–Kier alpha value is -3.28. The Morgan fingerprint density at radius 2 is 1.79 bits per heavy atom. The summed E-state index contributed by atoms with van der Waals surface area (Å²) in [6.45, 7) is 6.67. The third-order valence-electron chi connectivity index (χ3n) is 4.34. The van der Waals surface area contributed by atoms with E-state index >= 15 is 0 Å². The molecule has 29 heavy (non-hydrogen) atoms. The predicted octanol–water partition coefficient (Wildman–Crippen LogP) is 4.70. The quantitative estimate of drug-likeness (QED) is 0.622. The summed E-state index contributed by atoms with van der Waals surface area (Å²) in [4.78, 5) is 22.3. The molecule has 2 aliphatic rings. The molecule has 3 rings (SSSR count). The number of phenols is 1. The molecule has 0 spiro atoms. The van der Waals surface area contributed by atoms with E-state index in [-0.39, 0.29) is 30.5 Å². The molecule has 1 aliphatic heterocycles. The second-order valence-electron chi connectivity index (χ2n) is 6.80. The molecule has 0 saturated heterocycles. The Labute approximate surface area is 171 Å². The summed E-state index contributed by atoms with van der Waals surface area (Å²) in [5, 5.41) is 28.3. The molecule has 2 atom stereocenters. The maximum Gasteiger partial charge on any atom is 0.215 e. The summed E-state index contributed by atoms with van der Waals surface area (Å²) in [5.41, 5.74) is 2.58. The fourth-order valence-electron chi connectivity index (χ4n) is 2.86. The van der Waals surface area contributed by atoms with Gasteiger partial charge in [0.05, 0.1) is 0 Å². The van der Waals surface area contributed by atoms with E-state index in [1.807, 2.05) is 19.9 Å². The number of phenolic OH excluding ortho intramolecular Hbond substituents is 1. The van der Waals surface area contributed by atoms with Crippen LogP contribution >= 0.6 is 0 Å². The standard InChI is InChI=1S/C11H12O4.C11H12O2.CH4/c1-5-3-7(12)9-8(4-5)15-6(2)10(13)11(9)14;1-8-7-10(4-3-9(2)12)5-6-11(8)13;/h3-4,8-9,12-13H,1-2H3;3-7,13H,1-2H3;1H4/b;4-3+;. The van der Waals surface area contributed by atoms with Gasteiger partial charge in [-0.1, -0.05) is 19.6 Å². The lowest BCUT2D eigenvalue weighted by Crippen LogP contribution is -2.38. The second kappa shape index (κ2) is 9.78. The molecule has 0 fully saturated rings. The van der Waals surface area contributed by atoms with Gasteiger partial charge in [0.15, 0.2) is 11.5 Å². The van der Waals surface area contributed by atoms with Crippen LogP contribution in [0.3, 0.4) is 0 Å². The van der Waals surface area contributed by atoms with Crippen LogP contribution in [0.4, 0.5) is 0 Å². The van der Waals surface area contributed by atoms with Gasteiger partial charge in [-0.3, -0.25) is 9.59 Å². The summed E-state index contributed by atoms with van der Waals surface area (Å²) in [7, 11) is 0. The van der Waals surface area contributed by atoms with E-state index in [1.165, 1.54) is 26.0 Å². The zero-order chi connectivity index (χ0) is 21.0. The molecule has 1 aliphatic carbocycles. The fourth-order valence-corrected chi connectivity index (χ4v) is 2.86. The number of aliphatic hydroxyl groups is 2. The summed E-state index contributed by atoms with van der Waals surface area (Å²) in [6.07, 6.45) is 6.01. The van der Waals surface area contributed by atoms with Gasteiger partial charge in [0.2, 0.25) is 5.78 Å². The van der Waals surface area contributed by atoms with Crippen LogP contribution in [0.5, 0.6) is 5.75 Å². The van der Waals surface area contributed by atoms with Gasteiger partial charge >= 0.3 is 0 Å². The number of benzene rings is 1. The number of aromatic hydroxyl groups is 1. The highest BCUT2D eigenvalue weighted by Crippen LogP contribution is 2.33. The number of ether oxygens (including phenoxy) is 1. The highest BCUT2D eigenvalue weighted by atomic mass is 16.5. The molecule has 0 saturated carbocycles. The van der Waals surface area contributed by atoms with Gasteiger partial charge in [-0.15, -0.1) is 0 Å². The first-order valence-corrected chi connectivity index (χ1v) is 8.78. The number of ketones is 2. The van der Waals surface area contributed by atoms with Crippen LogP contribution in [0.15, 0.2) is 59.3 Å². The first-order valence-electron chi connectivity index (χ1n) is 8.78. The van der Waals surface area contributed by atoms with Crippen LogP contribution in [0.25, 0.3) is 6.08 Å². The molecule has 0 radical (unpaired) electrons. The van der Waals surface area contributed by atoms with Crippen molar-refractivity contribution in [1.29, 1.82) is 0 Å². The Bertz CT molecular complexity index is 917. The van der Waals surface area contributed by atoms with Crippen LogP contribution in [0, 0.1) is 12.8 Å². The number of rotatable bonds is 2. The summed E-state index contributed by atoms with van der Waals surface area (Å²) >= 11 is 0. The molecule has 156 valence electrons. The maximum absolute atomic E-state index is 11.7. The average Bonchev–Trinajstić information content (AvgIpc) is 2.60. The van der Waals surface area contributed by atoms with Gasteiger partial charge in [0.1, 0.15) is 29.3 Å². The molecule has 2 unspecified atom stereocenters. The number of allylic oxidation sites excluding steroid dienone is 5. The number of fused-ring (bicyclic) bond motifs is 1. The van der Waals surface area contributed by atoms with Gasteiger partial charge in [-0.2, -0.15) is 0 Å². The van der Waals surface area contributed by atoms with E-state index in [0.717, 1.165) is 16.7 Å². The Balaban J connectivity index is 0.000000284. The first-order chi connectivity index (χ1) is 13.1. The Morgan fingerprint density at radius 3 is 2.38 bits per heavy atom. The van der Waals surface area contributed by atoms with Crippen molar-refractivity contribution in [3.8, 4) is 5.75 Å². The van der Waals surface area contributed by atoms with Crippen molar-refractivity contribution in [2.75, 3.05) is 0 Å². The molecule has 3 N–H and O–H groups in total. The van der Waals surface area contributed by atoms with E-state index in [2.05, 4.69) is 0 Å². The number of hydrogen-bond donors (Lipinski definition) is 3. The third-order valence-corrected chi connectivity index (χ3v) is 4.34. The zero-order valence-corrected chi connectivity index (χ0v) is 16.3. The van der Waals surface area contributed by atoms with Gasteiger partial charge in [0, 0.05) is 0 Å². The smallest absolute Gasteiger partial charge is 0.215 e. The lowest BCUT2D eigenvalue weighted by Gasteiger charge is -2.31. The number of aliphatic hydroxyl groups excluding tert-OH is 2. The normalized spacial score (nSPS) is 20.5.